The van der Waals surface area contributed by atoms with Crippen LogP contribution in [0.1, 0.15) is 56.9 Å². The normalized spacial score (nSPS) is 17.6. The second-order valence-electron chi connectivity index (χ2n) is 8.55. The summed E-state index contributed by atoms with van der Waals surface area (Å²) in [5.41, 5.74) is 6.08. The quantitative estimate of drug-likeness (QED) is 0.280. The Balaban J connectivity index is 1.69. The monoisotopic (exact) mass is 458 g/mol. The van der Waals surface area contributed by atoms with Gasteiger partial charge >= 0.3 is 13.1 Å². The first kappa shape index (κ1) is 25.4. The van der Waals surface area contributed by atoms with Crippen LogP contribution in [0.3, 0.4) is 0 Å². The zero-order valence-corrected chi connectivity index (χ0v) is 18.9. The highest BCUT2D eigenvalue weighted by molar-refractivity contribution is 6.42. The molecule has 1 atom stereocenters. The molecule has 0 aliphatic carbocycles. The van der Waals surface area contributed by atoms with E-state index >= 15 is 0 Å². The molecule has 2 rings (SSSR count). The number of nitrogens with two attached hydrogens (primary N) is 1. The number of carboxylic acids is 1. The van der Waals surface area contributed by atoms with Crippen LogP contribution in [0.5, 0.6) is 0 Å². The van der Waals surface area contributed by atoms with Crippen molar-refractivity contribution >= 4 is 36.3 Å². The molecule has 30 heavy (non-hydrogen) atoms. The van der Waals surface area contributed by atoms with Gasteiger partial charge in [-0.15, -0.1) is 0 Å². The van der Waals surface area contributed by atoms with Gasteiger partial charge in [-0.2, -0.15) is 0 Å². The van der Waals surface area contributed by atoms with E-state index in [-0.39, 0.29) is 6.32 Å². The Bertz CT molecular complexity index is 687. The van der Waals surface area contributed by atoms with Gasteiger partial charge in [0.05, 0.1) is 10.0 Å². The summed E-state index contributed by atoms with van der Waals surface area (Å²) in [7, 11) is -1.34. The van der Waals surface area contributed by atoms with E-state index in [0.717, 1.165) is 50.9 Å². The number of carboxylic acid groups (broad SMARTS) is 1. The largest absolute Gasteiger partial charge is 0.480 e. The fourth-order valence-electron chi connectivity index (χ4n) is 4.14. The van der Waals surface area contributed by atoms with E-state index in [2.05, 4.69) is 4.90 Å². The van der Waals surface area contributed by atoms with Crippen LogP contribution >= 0.6 is 23.2 Å². The first-order valence-electron chi connectivity index (χ1n) is 10.7. The molecular weight excluding hydrogens is 426 g/mol. The summed E-state index contributed by atoms with van der Waals surface area (Å²) in [5, 5.41) is 28.5. The first-order chi connectivity index (χ1) is 14.2. The van der Waals surface area contributed by atoms with Crippen LogP contribution in [0.25, 0.3) is 0 Å². The topological polar surface area (TPSA) is 107 Å². The van der Waals surface area contributed by atoms with Crippen molar-refractivity contribution in [3.05, 3.63) is 33.8 Å². The van der Waals surface area contributed by atoms with E-state index < -0.39 is 18.6 Å². The SMILES string of the molecule is NC(CCCCB(O)O)(CCCC1CCN(Cc2ccc(Cl)c(Cl)c2)CC1)C(=O)O. The van der Waals surface area contributed by atoms with Crippen molar-refractivity contribution in [2.24, 2.45) is 11.7 Å². The lowest BCUT2D eigenvalue weighted by Gasteiger charge is -2.32. The van der Waals surface area contributed by atoms with Gasteiger partial charge in [0, 0.05) is 6.54 Å². The highest BCUT2D eigenvalue weighted by Crippen LogP contribution is 2.28. The van der Waals surface area contributed by atoms with Crippen molar-refractivity contribution < 1.29 is 19.9 Å². The van der Waals surface area contributed by atoms with E-state index in [1.807, 2.05) is 18.2 Å². The predicted octanol–water partition coefficient (Wildman–Crippen LogP) is 3.80. The second kappa shape index (κ2) is 12.3. The minimum Gasteiger partial charge on any atom is -0.480 e. The van der Waals surface area contributed by atoms with Crippen molar-refractivity contribution in [1.82, 2.24) is 4.90 Å². The van der Waals surface area contributed by atoms with Gasteiger partial charge in [0.15, 0.2) is 0 Å². The van der Waals surface area contributed by atoms with Crippen molar-refractivity contribution in [2.75, 3.05) is 13.1 Å². The minimum absolute atomic E-state index is 0.247. The number of hydrogen-bond acceptors (Lipinski definition) is 5. The molecule has 1 aliphatic rings. The van der Waals surface area contributed by atoms with Crippen molar-refractivity contribution in [2.45, 2.75) is 69.8 Å². The average molecular weight is 459 g/mol. The lowest BCUT2D eigenvalue weighted by molar-refractivity contribution is -0.144. The second-order valence-corrected chi connectivity index (χ2v) is 9.36. The average Bonchev–Trinajstić information content (AvgIpc) is 2.69. The highest BCUT2D eigenvalue weighted by Gasteiger charge is 2.33. The lowest BCUT2D eigenvalue weighted by atomic mass is 9.80. The Kier molecular flexibility index (Phi) is 10.4. The molecule has 168 valence electrons. The Hall–Kier alpha value is -0.825. The standard InChI is InChI=1S/C21H33BCl2N2O4/c23-18-6-5-17(14-19(18)24)15-26-12-7-16(8-13-26)4-3-10-21(25,20(27)28)9-1-2-11-22(29)30/h5-6,14,16,29-30H,1-4,7-13,15,25H2,(H,27,28). The first-order valence-corrected chi connectivity index (χ1v) is 11.5. The Morgan fingerprint density at radius 2 is 1.80 bits per heavy atom. The summed E-state index contributed by atoms with van der Waals surface area (Å²) in [6.45, 7) is 2.89. The molecule has 0 spiro atoms. The number of nitrogens with zero attached hydrogens (tertiary/aromatic N) is 1. The maximum absolute atomic E-state index is 11.6. The molecule has 1 saturated heterocycles. The summed E-state index contributed by atoms with van der Waals surface area (Å²) in [4.78, 5) is 14.1. The van der Waals surface area contributed by atoms with E-state index in [4.69, 9.17) is 39.0 Å². The summed E-state index contributed by atoms with van der Waals surface area (Å²) < 4.78 is 0. The molecule has 1 aromatic carbocycles. The van der Waals surface area contributed by atoms with Gasteiger partial charge in [-0.05, 0) is 68.7 Å². The summed E-state index contributed by atoms with van der Waals surface area (Å²) in [5.74, 6) is -0.374. The highest BCUT2D eigenvalue weighted by atomic mass is 35.5. The number of benzene rings is 1. The maximum Gasteiger partial charge on any atom is 0.451 e. The van der Waals surface area contributed by atoms with Gasteiger partial charge in [0.1, 0.15) is 5.54 Å². The number of likely N-dealkylation sites (tertiary alicyclic amines) is 1. The number of unbranched alkanes of at least 4 members (excludes halogenated alkanes) is 1. The van der Waals surface area contributed by atoms with Crippen LogP contribution < -0.4 is 5.73 Å². The molecule has 1 heterocycles. The molecular formula is C21H33BCl2N2O4. The molecule has 6 nitrogen and oxygen atoms in total. The van der Waals surface area contributed by atoms with Crippen LogP contribution in [0.2, 0.25) is 16.4 Å². The van der Waals surface area contributed by atoms with Crippen LogP contribution in [-0.4, -0.2) is 51.8 Å². The zero-order valence-electron chi connectivity index (χ0n) is 17.4. The number of aliphatic carboxylic acids is 1. The molecule has 5 N–H and O–H groups in total. The smallest absolute Gasteiger partial charge is 0.451 e. The Labute approximate surface area is 189 Å². The van der Waals surface area contributed by atoms with Crippen molar-refractivity contribution in [3.63, 3.8) is 0 Å². The van der Waals surface area contributed by atoms with E-state index in [1.165, 1.54) is 0 Å². The number of rotatable bonds is 12. The van der Waals surface area contributed by atoms with Crippen LogP contribution in [0.15, 0.2) is 18.2 Å². The maximum atomic E-state index is 11.6. The molecule has 0 aromatic heterocycles. The summed E-state index contributed by atoms with van der Waals surface area (Å²) in [6, 6.07) is 5.76. The lowest BCUT2D eigenvalue weighted by Crippen LogP contribution is -2.48. The van der Waals surface area contributed by atoms with Gasteiger partial charge in [-0.25, -0.2) is 0 Å². The number of piperidine rings is 1. The number of halogens is 2. The third kappa shape index (κ3) is 8.37. The van der Waals surface area contributed by atoms with Gasteiger partial charge in [0.2, 0.25) is 0 Å². The minimum atomic E-state index is -1.34. The molecule has 1 unspecified atom stereocenters. The third-order valence-electron chi connectivity index (χ3n) is 6.09. The van der Waals surface area contributed by atoms with Crippen molar-refractivity contribution in [1.29, 1.82) is 0 Å². The zero-order chi connectivity index (χ0) is 22.1. The molecule has 1 fully saturated rings. The predicted molar refractivity (Wildman–Crippen MR) is 122 cm³/mol. The number of carbonyl (C=O) groups is 1. The van der Waals surface area contributed by atoms with Crippen molar-refractivity contribution in [3.8, 4) is 0 Å². The fraction of sp³-hybridized carbons (Fsp3) is 0.667. The van der Waals surface area contributed by atoms with E-state index in [1.54, 1.807) is 0 Å². The fourth-order valence-corrected chi connectivity index (χ4v) is 4.46. The molecule has 1 aromatic rings. The molecule has 0 bridgehead atoms. The summed E-state index contributed by atoms with van der Waals surface area (Å²) in [6.07, 6.45) is 6.17. The van der Waals surface area contributed by atoms with Gasteiger partial charge < -0.3 is 20.9 Å². The Morgan fingerprint density at radius 1 is 1.13 bits per heavy atom. The van der Waals surface area contributed by atoms with Gasteiger partial charge in [-0.1, -0.05) is 55.0 Å². The van der Waals surface area contributed by atoms with Gasteiger partial charge in [-0.3, -0.25) is 9.69 Å². The molecule has 0 amide bonds. The van der Waals surface area contributed by atoms with E-state index in [0.29, 0.717) is 41.6 Å². The molecule has 1 aliphatic heterocycles. The Morgan fingerprint density at radius 3 is 2.40 bits per heavy atom. The number of hydrogen-bond donors (Lipinski definition) is 4. The van der Waals surface area contributed by atoms with Crippen LogP contribution in [0, 0.1) is 5.92 Å². The molecule has 0 radical (unpaired) electrons. The summed E-state index contributed by atoms with van der Waals surface area (Å²) >= 11 is 12.1. The molecule has 9 heteroatoms. The van der Waals surface area contributed by atoms with Crippen LogP contribution in [-0.2, 0) is 11.3 Å². The van der Waals surface area contributed by atoms with Crippen LogP contribution in [0.4, 0.5) is 0 Å². The third-order valence-corrected chi connectivity index (χ3v) is 6.83. The molecule has 0 saturated carbocycles. The van der Waals surface area contributed by atoms with Gasteiger partial charge in [0.25, 0.3) is 0 Å². The van der Waals surface area contributed by atoms with E-state index in [9.17, 15) is 9.90 Å².